The largest absolute Gasteiger partial charge is 0.316 e. The van der Waals surface area contributed by atoms with E-state index in [9.17, 15) is 0 Å². The van der Waals surface area contributed by atoms with Crippen molar-refractivity contribution in [1.29, 1.82) is 0 Å². The summed E-state index contributed by atoms with van der Waals surface area (Å²) in [7, 11) is 6.32. The van der Waals surface area contributed by atoms with Crippen LogP contribution in [-0.2, 0) is 0 Å². The van der Waals surface area contributed by atoms with Crippen LogP contribution < -0.4 is 5.32 Å². The SMILES string of the molecule is CNC(CCCC(C)C)CN(C)C. The van der Waals surface area contributed by atoms with Crippen molar-refractivity contribution in [2.24, 2.45) is 5.92 Å². The van der Waals surface area contributed by atoms with Crippen molar-refractivity contribution in [2.45, 2.75) is 39.2 Å². The predicted molar refractivity (Wildman–Crippen MR) is 60.1 cm³/mol. The van der Waals surface area contributed by atoms with Gasteiger partial charge in [0.1, 0.15) is 0 Å². The fourth-order valence-corrected chi connectivity index (χ4v) is 1.54. The summed E-state index contributed by atoms with van der Waals surface area (Å²) in [6.45, 7) is 5.73. The molecule has 1 atom stereocenters. The van der Waals surface area contributed by atoms with Gasteiger partial charge in [0.15, 0.2) is 0 Å². The second-order valence-corrected chi connectivity index (χ2v) is 4.57. The van der Waals surface area contributed by atoms with Crippen LogP contribution in [0.2, 0.25) is 0 Å². The first kappa shape index (κ1) is 12.9. The van der Waals surface area contributed by atoms with Crippen molar-refractivity contribution in [2.75, 3.05) is 27.7 Å². The molecule has 0 spiro atoms. The molecule has 0 radical (unpaired) electrons. The maximum Gasteiger partial charge on any atom is 0.0191 e. The molecular formula is C11H26N2. The first-order valence-electron chi connectivity index (χ1n) is 5.38. The highest BCUT2D eigenvalue weighted by atomic mass is 15.1. The van der Waals surface area contributed by atoms with Gasteiger partial charge in [-0.3, -0.25) is 0 Å². The number of rotatable bonds is 7. The zero-order chi connectivity index (χ0) is 10.3. The predicted octanol–water partition coefficient (Wildman–Crippen LogP) is 1.96. The van der Waals surface area contributed by atoms with E-state index in [1.807, 2.05) is 0 Å². The van der Waals surface area contributed by atoms with E-state index in [4.69, 9.17) is 0 Å². The molecule has 0 aromatic heterocycles. The van der Waals surface area contributed by atoms with E-state index in [1.54, 1.807) is 0 Å². The fourth-order valence-electron chi connectivity index (χ4n) is 1.54. The van der Waals surface area contributed by atoms with Gasteiger partial charge in [0.2, 0.25) is 0 Å². The molecule has 0 aromatic carbocycles. The highest BCUT2D eigenvalue weighted by molar-refractivity contribution is 4.67. The Kier molecular flexibility index (Phi) is 7.29. The van der Waals surface area contributed by atoms with Gasteiger partial charge in [-0.25, -0.2) is 0 Å². The maximum atomic E-state index is 3.37. The zero-order valence-electron chi connectivity index (χ0n) is 9.93. The summed E-state index contributed by atoms with van der Waals surface area (Å²) in [5.74, 6) is 0.844. The molecule has 2 heteroatoms. The first-order chi connectivity index (χ1) is 6.06. The Morgan fingerprint density at radius 2 is 1.77 bits per heavy atom. The van der Waals surface area contributed by atoms with E-state index in [0.717, 1.165) is 12.5 Å². The average Bonchev–Trinajstić information content (AvgIpc) is 2.01. The lowest BCUT2D eigenvalue weighted by molar-refractivity contribution is 0.328. The minimum absolute atomic E-state index is 0.661. The standard InChI is InChI=1S/C11H26N2/c1-10(2)7-6-8-11(12-3)9-13(4)5/h10-12H,6-9H2,1-5H3. The third-order valence-electron chi connectivity index (χ3n) is 2.33. The van der Waals surface area contributed by atoms with E-state index in [0.29, 0.717) is 6.04 Å². The van der Waals surface area contributed by atoms with Crippen molar-refractivity contribution in [3.05, 3.63) is 0 Å². The summed E-state index contributed by atoms with van der Waals surface area (Å²) in [6, 6.07) is 0.661. The van der Waals surface area contributed by atoms with Gasteiger partial charge in [-0.2, -0.15) is 0 Å². The molecule has 0 rings (SSSR count). The Morgan fingerprint density at radius 3 is 2.15 bits per heavy atom. The van der Waals surface area contributed by atoms with Gasteiger partial charge < -0.3 is 10.2 Å². The summed E-state index contributed by atoms with van der Waals surface area (Å²) in [4.78, 5) is 2.25. The second kappa shape index (κ2) is 7.34. The van der Waals surface area contributed by atoms with Gasteiger partial charge in [-0.05, 0) is 33.5 Å². The molecule has 0 saturated carbocycles. The molecule has 13 heavy (non-hydrogen) atoms. The lowest BCUT2D eigenvalue weighted by Crippen LogP contribution is -2.35. The smallest absolute Gasteiger partial charge is 0.0191 e. The van der Waals surface area contributed by atoms with Crippen LogP contribution in [0.5, 0.6) is 0 Å². The molecule has 0 fully saturated rings. The Labute approximate surface area is 83.7 Å². The summed E-state index contributed by atoms with van der Waals surface area (Å²) < 4.78 is 0. The van der Waals surface area contributed by atoms with Gasteiger partial charge in [-0.15, -0.1) is 0 Å². The molecule has 0 bridgehead atoms. The summed E-state index contributed by atoms with van der Waals surface area (Å²) in [5.41, 5.74) is 0. The van der Waals surface area contributed by atoms with Crippen molar-refractivity contribution in [3.8, 4) is 0 Å². The molecule has 0 saturated heterocycles. The normalized spacial score (nSPS) is 14.1. The minimum atomic E-state index is 0.661. The number of hydrogen-bond donors (Lipinski definition) is 1. The molecular weight excluding hydrogens is 160 g/mol. The lowest BCUT2D eigenvalue weighted by Gasteiger charge is -2.20. The number of hydrogen-bond acceptors (Lipinski definition) is 2. The monoisotopic (exact) mass is 186 g/mol. The summed E-state index contributed by atoms with van der Waals surface area (Å²) >= 11 is 0. The van der Waals surface area contributed by atoms with E-state index in [2.05, 4.69) is 45.2 Å². The van der Waals surface area contributed by atoms with Gasteiger partial charge >= 0.3 is 0 Å². The number of nitrogens with zero attached hydrogens (tertiary/aromatic N) is 1. The molecule has 0 aliphatic carbocycles. The third-order valence-corrected chi connectivity index (χ3v) is 2.33. The Balaban J connectivity index is 3.48. The van der Waals surface area contributed by atoms with Crippen LogP contribution in [-0.4, -0.2) is 38.6 Å². The molecule has 0 aromatic rings. The van der Waals surface area contributed by atoms with Crippen molar-refractivity contribution >= 4 is 0 Å². The van der Waals surface area contributed by atoms with Crippen LogP contribution in [0.1, 0.15) is 33.1 Å². The quantitative estimate of drug-likeness (QED) is 0.654. The minimum Gasteiger partial charge on any atom is -0.316 e. The molecule has 0 amide bonds. The molecule has 1 unspecified atom stereocenters. The van der Waals surface area contributed by atoms with Crippen LogP contribution in [0.4, 0.5) is 0 Å². The fraction of sp³-hybridized carbons (Fsp3) is 1.00. The van der Waals surface area contributed by atoms with Gasteiger partial charge in [0.25, 0.3) is 0 Å². The second-order valence-electron chi connectivity index (χ2n) is 4.57. The topological polar surface area (TPSA) is 15.3 Å². The summed E-state index contributed by atoms with van der Waals surface area (Å²) in [6.07, 6.45) is 4.00. The molecule has 1 N–H and O–H groups in total. The molecule has 0 heterocycles. The molecule has 0 aliphatic rings. The first-order valence-corrected chi connectivity index (χ1v) is 5.38. The van der Waals surface area contributed by atoms with E-state index >= 15 is 0 Å². The van der Waals surface area contributed by atoms with Crippen LogP contribution in [0.25, 0.3) is 0 Å². The number of nitrogens with one attached hydrogen (secondary N) is 1. The highest BCUT2D eigenvalue weighted by Crippen LogP contribution is 2.08. The Morgan fingerprint density at radius 1 is 1.15 bits per heavy atom. The van der Waals surface area contributed by atoms with Crippen molar-refractivity contribution < 1.29 is 0 Å². The van der Waals surface area contributed by atoms with Crippen molar-refractivity contribution in [1.82, 2.24) is 10.2 Å². The lowest BCUT2D eigenvalue weighted by atomic mass is 10.0. The highest BCUT2D eigenvalue weighted by Gasteiger charge is 2.06. The van der Waals surface area contributed by atoms with Crippen molar-refractivity contribution in [3.63, 3.8) is 0 Å². The summed E-state index contributed by atoms with van der Waals surface area (Å²) in [5, 5.41) is 3.37. The van der Waals surface area contributed by atoms with Crippen LogP contribution >= 0.6 is 0 Å². The zero-order valence-corrected chi connectivity index (χ0v) is 9.93. The number of likely N-dealkylation sites (N-methyl/N-ethyl adjacent to an activating group) is 2. The molecule has 80 valence electrons. The Hall–Kier alpha value is -0.0800. The van der Waals surface area contributed by atoms with E-state index < -0.39 is 0 Å². The maximum absolute atomic E-state index is 3.37. The molecule has 2 nitrogen and oxygen atoms in total. The molecule has 0 aliphatic heterocycles. The van der Waals surface area contributed by atoms with Crippen LogP contribution in [0, 0.1) is 5.92 Å². The third kappa shape index (κ3) is 8.26. The van der Waals surface area contributed by atoms with Gasteiger partial charge in [0, 0.05) is 12.6 Å². The average molecular weight is 186 g/mol. The van der Waals surface area contributed by atoms with Gasteiger partial charge in [-0.1, -0.05) is 26.7 Å². The van der Waals surface area contributed by atoms with E-state index in [-0.39, 0.29) is 0 Å². The van der Waals surface area contributed by atoms with Gasteiger partial charge in [0.05, 0.1) is 0 Å². The van der Waals surface area contributed by atoms with Crippen LogP contribution in [0.15, 0.2) is 0 Å². The van der Waals surface area contributed by atoms with Crippen LogP contribution in [0.3, 0.4) is 0 Å². The Bertz CT molecular complexity index is 111. The van der Waals surface area contributed by atoms with E-state index in [1.165, 1.54) is 19.3 Å².